The third-order valence-corrected chi connectivity index (χ3v) is 5.71. The molecule has 0 heterocycles. The number of esters is 1. The number of benzene rings is 2. The molecule has 2 nitrogen and oxygen atoms in total. The summed E-state index contributed by atoms with van der Waals surface area (Å²) >= 11 is 0. The van der Waals surface area contributed by atoms with E-state index in [2.05, 4.69) is 26.0 Å². The molecular formula is C24H30O2. The van der Waals surface area contributed by atoms with Crippen LogP contribution in [0.4, 0.5) is 0 Å². The van der Waals surface area contributed by atoms with Crippen LogP contribution in [-0.2, 0) is 6.42 Å². The monoisotopic (exact) mass is 350 g/mol. The minimum Gasteiger partial charge on any atom is -0.423 e. The van der Waals surface area contributed by atoms with E-state index < -0.39 is 0 Å². The van der Waals surface area contributed by atoms with Crippen LogP contribution < -0.4 is 4.74 Å². The van der Waals surface area contributed by atoms with Crippen LogP contribution in [0.3, 0.4) is 0 Å². The van der Waals surface area contributed by atoms with Gasteiger partial charge in [-0.25, -0.2) is 4.79 Å². The van der Waals surface area contributed by atoms with E-state index in [9.17, 15) is 4.79 Å². The van der Waals surface area contributed by atoms with E-state index in [1.807, 2.05) is 36.4 Å². The van der Waals surface area contributed by atoms with Crippen LogP contribution in [0.1, 0.15) is 79.8 Å². The van der Waals surface area contributed by atoms with Crippen molar-refractivity contribution in [3.63, 3.8) is 0 Å². The summed E-state index contributed by atoms with van der Waals surface area (Å²) < 4.78 is 5.51. The van der Waals surface area contributed by atoms with Gasteiger partial charge in [0.15, 0.2) is 0 Å². The molecule has 2 heteroatoms. The number of hydrogen-bond donors (Lipinski definition) is 0. The molecule has 0 unspecified atom stereocenters. The van der Waals surface area contributed by atoms with E-state index in [1.54, 1.807) is 0 Å². The van der Waals surface area contributed by atoms with Gasteiger partial charge in [-0.15, -0.1) is 0 Å². The zero-order valence-corrected chi connectivity index (χ0v) is 16.0. The van der Waals surface area contributed by atoms with Crippen molar-refractivity contribution in [2.24, 2.45) is 5.92 Å². The van der Waals surface area contributed by atoms with Crippen LogP contribution in [0.2, 0.25) is 0 Å². The van der Waals surface area contributed by atoms with Gasteiger partial charge in [0.05, 0.1) is 5.56 Å². The molecule has 26 heavy (non-hydrogen) atoms. The first-order chi connectivity index (χ1) is 12.7. The quantitative estimate of drug-likeness (QED) is 0.436. The zero-order valence-electron chi connectivity index (χ0n) is 16.0. The van der Waals surface area contributed by atoms with Crippen LogP contribution in [0.25, 0.3) is 0 Å². The van der Waals surface area contributed by atoms with Gasteiger partial charge in [0.2, 0.25) is 0 Å². The predicted octanol–water partition coefficient (Wildman–Crippen LogP) is 6.54. The van der Waals surface area contributed by atoms with Crippen LogP contribution in [0.5, 0.6) is 5.75 Å². The molecule has 1 fully saturated rings. The fourth-order valence-corrected chi connectivity index (χ4v) is 3.97. The summed E-state index contributed by atoms with van der Waals surface area (Å²) in [5.41, 5.74) is 3.25. The highest BCUT2D eigenvalue weighted by molar-refractivity contribution is 5.91. The van der Waals surface area contributed by atoms with Gasteiger partial charge < -0.3 is 4.74 Å². The van der Waals surface area contributed by atoms with Crippen LogP contribution in [0, 0.1) is 5.92 Å². The first-order valence-corrected chi connectivity index (χ1v) is 10.1. The first-order valence-electron chi connectivity index (χ1n) is 10.1. The second-order valence-electron chi connectivity index (χ2n) is 7.53. The van der Waals surface area contributed by atoms with E-state index in [-0.39, 0.29) is 5.97 Å². The SMILES string of the molecule is CCCc1ccc(OC(=O)c2ccc(C3CCC(CC)CC3)cc2)cc1. The number of rotatable bonds is 6. The van der Waals surface area contributed by atoms with E-state index >= 15 is 0 Å². The number of aryl methyl sites for hydroxylation is 1. The van der Waals surface area contributed by atoms with Gasteiger partial charge in [0, 0.05) is 0 Å². The summed E-state index contributed by atoms with van der Waals surface area (Å²) in [4.78, 5) is 12.4. The van der Waals surface area contributed by atoms with E-state index in [4.69, 9.17) is 4.74 Å². The lowest BCUT2D eigenvalue weighted by molar-refractivity contribution is 0.0734. The average Bonchev–Trinajstić information content (AvgIpc) is 2.70. The maximum atomic E-state index is 12.4. The number of carbonyl (C=O) groups is 1. The Labute approximate surface area is 157 Å². The Morgan fingerprint density at radius 2 is 1.58 bits per heavy atom. The van der Waals surface area contributed by atoms with Crippen molar-refractivity contribution in [1.82, 2.24) is 0 Å². The maximum Gasteiger partial charge on any atom is 0.343 e. The summed E-state index contributed by atoms with van der Waals surface area (Å²) in [7, 11) is 0. The van der Waals surface area contributed by atoms with E-state index in [1.165, 1.54) is 43.2 Å². The normalized spacial score (nSPS) is 19.9. The summed E-state index contributed by atoms with van der Waals surface area (Å²) in [5, 5.41) is 0. The third-order valence-electron chi connectivity index (χ3n) is 5.71. The minimum absolute atomic E-state index is 0.283. The van der Waals surface area contributed by atoms with Gasteiger partial charge in [-0.1, -0.05) is 51.0 Å². The molecular weight excluding hydrogens is 320 g/mol. The van der Waals surface area contributed by atoms with Crippen molar-refractivity contribution in [3.05, 3.63) is 65.2 Å². The lowest BCUT2D eigenvalue weighted by atomic mass is 9.78. The Kier molecular flexibility index (Phi) is 6.49. The lowest BCUT2D eigenvalue weighted by Gasteiger charge is -2.28. The molecule has 1 aliphatic rings. The number of carbonyl (C=O) groups excluding carboxylic acids is 1. The van der Waals surface area contributed by atoms with Gasteiger partial charge >= 0.3 is 5.97 Å². The average molecular weight is 351 g/mol. The summed E-state index contributed by atoms with van der Waals surface area (Å²) in [6.45, 7) is 4.45. The van der Waals surface area contributed by atoms with Gasteiger partial charge in [0.1, 0.15) is 5.75 Å². The molecule has 0 radical (unpaired) electrons. The Morgan fingerprint density at radius 3 is 2.15 bits per heavy atom. The summed E-state index contributed by atoms with van der Waals surface area (Å²) in [5.74, 6) is 1.88. The van der Waals surface area contributed by atoms with Gasteiger partial charge in [0.25, 0.3) is 0 Å². The van der Waals surface area contributed by atoms with Crippen LogP contribution >= 0.6 is 0 Å². The summed E-state index contributed by atoms with van der Waals surface area (Å²) in [6, 6.07) is 15.9. The molecule has 0 aromatic heterocycles. The standard InChI is InChI=1S/C24H30O2/c1-3-5-19-8-16-23(17-9-19)26-24(25)22-14-12-21(13-15-22)20-10-6-18(4-2)7-11-20/h8-9,12-18,20H,3-7,10-11H2,1-2H3. The molecule has 0 spiro atoms. The molecule has 0 bridgehead atoms. The fraction of sp³-hybridized carbons (Fsp3) is 0.458. The first kappa shape index (κ1) is 18.7. The highest BCUT2D eigenvalue weighted by Crippen LogP contribution is 2.36. The van der Waals surface area contributed by atoms with Crippen LogP contribution in [-0.4, -0.2) is 5.97 Å². The van der Waals surface area contributed by atoms with Gasteiger partial charge in [-0.05, 0) is 79.3 Å². The number of ether oxygens (including phenoxy) is 1. The molecule has 2 aromatic carbocycles. The molecule has 1 aliphatic carbocycles. The maximum absolute atomic E-state index is 12.4. The number of hydrogen-bond acceptors (Lipinski definition) is 2. The van der Waals surface area contributed by atoms with Crippen molar-refractivity contribution in [1.29, 1.82) is 0 Å². The Morgan fingerprint density at radius 1 is 0.923 bits per heavy atom. The zero-order chi connectivity index (χ0) is 18.4. The Hall–Kier alpha value is -2.09. The van der Waals surface area contributed by atoms with Crippen molar-refractivity contribution < 1.29 is 9.53 Å². The third kappa shape index (κ3) is 4.75. The molecule has 0 atom stereocenters. The topological polar surface area (TPSA) is 26.3 Å². The molecule has 1 saturated carbocycles. The minimum atomic E-state index is -0.283. The predicted molar refractivity (Wildman–Crippen MR) is 107 cm³/mol. The molecule has 138 valence electrons. The second kappa shape index (κ2) is 9.02. The van der Waals surface area contributed by atoms with Crippen molar-refractivity contribution >= 4 is 5.97 Å². The highest BCUT2D eigenvalue weighted by Gasteiger charge is 2.21. The molecule has 0 amide bonds. The smallest absolute Gasteiger partial charge is 0.343 e. The van der Waals surface area contributed by atoms with Crippen molar-refractivity contribution in [2.75, 3.05) is 0 Å². The molecule has 0 saturated heterocycles. The highest BCUT2D eigenvalue weighted by atomic mass is 16.5. The Bertz CT molecular complexity index is 692. The molecule has 0 N–H and O–H groups in total. The second-order valence-corrected chi connectivity index (χ2v) is 7.53. The van der Waals surface area contributed by atoms with Gasteiger partial charge in [-0.2, -0.15) is 0 Å². The van der Waals surface area contributed by atoms with E-state index in [0.717, 1.165) is 18.8 Å². The lowest BCUT2D eigenvalue weighted by Crippen LogP contribution is -2.13. The van der Waals surface area contributed by atoms with Gasteiger partial charge in [-0.3, -0.25) is 0 Å². The largest absolute Gasteiger partial charge is 0.423 e. The summed E-state index contributed by atoms with van der Waals surface area (Å²) in [6.07, 6.45) is 8.68. The van der Waals surface area contributed by atoms with Crippen LogP contribution in [0.15, 0.2) is 48.5 Å². The molecule has 0 aliphatic heterocycles. The van der Waals surface area contributed by atoms with Crippen molar-refractivity contribution in [2.45, 2.75) is 64.7 Å². The van der Waals surface area contributed by atoms with E-state index in [0.29, 0.717) is 17.2 Å². The van der Waals surface area contributed by atoms with Crippen molar-refractivity contribution in [3.8, 4) is 5.75 Å². The Balaban J connectivity index is 1.58. The molecule has 2 aromatic rings. The molecule has 3 rings (SSSR count). The fourth-order valence-electron chi connectivity index (χ4n) is 3.97.